The average molecular weight is 537 g/mol. The van der Waals surface area contributed by atoms with Crippen LogP contribution in [0.2, 0.25) is 0 Å². The summed E-state index contributed by atoms with van der Waals surface area (Å²) in [5.74, 6) is -0.199. The summed E-state index contributed by atoms with van der Waals surface area (Å²) in [5, 5.41) is 4.86. The summed E-state index contributed by atoms with van der Waals surface area (Å²) in [7, 11) is 0. The van der Waals surface area contributed by atoms with E-state index in [2.05, 4.69) is 103 Å². The SMILES string of the molecule is O=C1c2ccccc2C(=O)c2cc(-c3ccc(-c4c5ccccc5c(-c5ccccc5)c5ccccc45)cc3)ccc21. The number of benzene rings is 7. The molecule has 0 aliphatic heterocycles. The fraction of sp³-hybridized carbons (Fsp3) is 0. The van der Waals surface area contributed by atoms with Crippen molar-refractivity contribution in [2.45, 2.75) is 0 Å². The lowest BCUT2D eigenvalue weighted by Gasteiger charge is -2.19. The third-order valence-corrected chi connectivity index (χ3v) is 8.43. The molecular weight excluding hydrogens is 512 g/mol. The van der Waals surface area contributed by atoms with E-state index < -0.39 is 0 Å². The molecule has 0 aromatic heterocycles. The highest BCUT2D eigenvalue weighted by atomic mass is 16.1. The molecule has 0 radical (unpaired) electrons. The van der Waals surface area contributed by atoms with Gasteiger partial charge in [-0.05, 0) is 67.1 Å². The minimum Gasteiger partial charge on any atom is -0.289 e. The minimum absolute atomic E-state index is 0.0974. The van der Waals surface area contributed by atoms with Crippen molar-refractivity contribution in [1.82, 2.24) is 0 Å². The summed E-state index contributed by atoms with van der Waals surface area (Å²) in [6.45, 7) is 0. The second-order valence-corrected chi connectivity index (χ2v) is 10.7. The molecule has 0 unspecified atom stereocenters. The van der Waals surface area contributed by atoms with Crippen molar-refractivity contribution in [3.63, 3.8) is 0 Å². The Morgan fingerprint density at radius 3 is 1.21 bits per heavy atom. The van der Waals surface area contributed by atoms with Crippen molar-refractivity contribution in [2.75, 3.05) is 0 Å². The van der Waals surface area contributed by atoms with Crippen molar-refractivity contribution in [2.24, 2.45) is 0 Å². The van der Waals surface area contributed by atoms with E-state index in [0.29, 0.717) is 22.3 Å². The van der Waals surface area contributed by atoms with Gasteiger partial charge in [0.05, 0.1) is 0 Å². The van der Waals surface area contributed by atoms with Crippen LogP contribution in [0, 0.1) is 0 Å². The first-order valence-electron chi connectivity index (χ1n) is 14.1. The van der Waals surface area contributed by atoms with Gasteiger partial charge in [0, 0.05) is 22.3 Å². The summed E-state index contributed by atoms with van der Waals surface area (Å²) in [6.07, 6.45) is 0. The summed E-state index contributed by atoms with van der Waals surface area (Å²) in [4.78, 5) is 26.4. The van der Waals surface area contributed by atoms with E-state index in [0.717, 1.165) is 16.7 Å². The zero-order chi connectivity index (χ0) is 28.2. The molecule has 0 bridgehead atoms. The zero-order valence-corrected chi connectivity index (χ0v) is 22.7. The Balaban J connectivity index is 1.26. The van der Waals surface area contributed by atoms with Gasteiger partial charge >= 0.3 is 0 Å². The second-order valence-electron chi connectivity index (χ2n) is 10.7. The molecule has 196 valence electrons. The van der Waals surface area contributed by atoms with Crippen LogP contribution in [0.1, 0.15) is 31.8 Å². The first kappa shape index (κ1) is 24.2. The molecule has 0 heterocycles. The van der Waals surface area contributed by atoms with Gasteiger partial charge in [-0.15, -0.1) is 0 Å². The van der Waals surface area contributed by atoms with Crippen LogP contribution in [0.15, 0.2) is 146 Å². The van der Waals surface area contributed by atoms with Crippen LogP contribution in [-0.2, 0) is 0 Å². The highest BCUT2D eigenvalue weighted by Gasteiger charge is 2.29. The first-order chi connectivity index (χ1) is 20.7. The van der Waals surface area contributed by atoms with Crippen LogP contribution in [0.5, 0.6) is 0 Å². The molecule has 1 aliphatic rings. The van der Waals surface area contributed by atoms with Crippen LogP contribution in [0.4, 0.5) is 0 Å². The summed E-state index contributed by atoms with van der Waals surface area (Å²) >= 11 is 0. The lowest BCUT2D eigenvalue weighted by Crippen LogP contribution is -2.20. The molecule has 2 nitrogen and oxygen atoms in total. The number of fused-ring (bicyclic) bond motifs is 4. The fourth-order valence-corrected chi connectivity index (χ4v) is 6.46. The molecular formula is C40H24O2. The number of hydrogen-bond acceptors (Lipinski definition) is 2. The van der Waals surface area contributed by atoms with Crippen LogP contribution in [0.25, 0.3) is 54.9 Å². The molecule has 0 spiro atoms. The van der Waals surface area contributed by atoms with E-state index in [4.69, 9.17) is 0 Å². The van der Waals surface area contributed by atoms with Crippen LogP contribution < -0.4 is 0 Å². The molecule has 42 heavy (non-hydrogen) atoms. The summed E-state index contributed by atoms with van der Waals surface area (Å²) in [5.41, 5.74) is 8.57. The highest BCUT2D eigenvalue weighted by Crippen LogP contribution is 2.43. The average Bonchev–Trinajstić information content (AvgIpc) is 3.06. The molecule has 0 N–H and O–H groups in total. The summed E-state index contributed by atoms with van der Waals surface area (Å²) < 4.78 is 0. The zero-order valence-electron chi connectivity index (χ0n) is 22.7. The Bertz CT molecular complexity index is 2150. The Labute approximate surface area is 243 Å². The molecule has 7 aromatic rings. The molecule has 0 amide bonds. The second kappa shape index (κ2) is 9.50. The van der Waals surface area contributed by atoms with Crippen molar-refractivity contribution < 1.29 is 9.59 Å². The molecule has 8 rings (SSSR count). The van der Waals surface area contributed by atoms with E-state index in [1.54, 1.807) is 30.3 Å². The van der Waals surface area contributed by atoms with Gasteiger partial charge in [-0.1, -0.05) is 133 Å². The fourth-order valence-electron chi connectivity index (χ4n) is 6.46. The molecule has 7 aromatic carbocycles. The van der Waals surface area contributed by atoms with Crippen molar-refractivity contribution in [3.05, 3.63) is 168 Å². The smallest absolute Gasteiger partial charge is 0.194 e. The topological polar surface area (TPSA) is 34.1 Å². The van der Waals surface area contributed by atoms with E-state index in [1.165, 1.54) is 38.2 Å². The Morgan fingerprint density at radius 2 is 0.667 bits per heavy atom. The maximum atomic E-state index is 13.3. The molecule has 1 aliphatic carbocycles. The number of hydrogen-bond donors (Lipinski definition) is 0. The van der Waals surface area contributed by atoms with Gasteiger partial charge in [-0.25, -0.2) is 0 Å². The monoisotopic (exact) mass is 536 g/mol. The highest BCUT2D eigenvalue weighted by molar-refractivity contribution is 6.28. The number of carbonyl (C=O) groups is 2. The molecule has 2 heteroatoms. The first-order valence-corrected chi connectivity index (χ1v) is 14.1. The van der Waals surface area contributed by atoms with E-state index in [9.17, 15) is 9.59 Å². The van der Waals surface area contributed by atoms with Gasteiger partial charge in [0.2, 0.25) is 0 Å². The maximum absolute atomic E-state index is 13.3. The predicted octanol–water partition coefficient (Wildman–Crippen LogP) is 9.77. The van der Waals surface area contributed by atoms with Gasteiger partial charge < -0.3 is 0 Å². The lowest BCUT2D eigenvalue weighted by atomic mass is 9.82. The van der Waals surface area contributed by atoms with Crippen LogP contribution >= 0.6 is 0 Å². The van der Waals surface area contributed by atoms with E-state index >= 15 is 0 Å². The molecule has 0 saturated carbocycles. The predicted molar refractivity (Wildman–Crippen MR) is 171 cm³/mol. The third kappa shape index (κ3) is 3.66. The Hall–Kier alpha value is -5.60. The molecule has 0 saturated heterocycles. The number of rotatable bonds is 3. The van der Waals surface area contributed by atoms with E-state index in [1.807, 2.05) is 12.1 Å². The Morgan fingerprint density at radius 1 is 0.286 bits per heavy atom. The summed E-state index contributed by atoms with van der Waals surface area (Å²) in [6, 6.07) is 49.0. The van der Waals surface area contributed by atoms with Gasteiger partial charge in [0.25, 0.3) is 0 Å². The van der Waals surface area contributed by atoms with Gasteiger partial charge in [0.15, 0.2) is 11.6 Å². The Kier molecular flexibility index (Phi) is 5.48. The van der Waals surface area contributed by atoms with Gasteiger partial charge in [-0.2, -0.15) is 0 Å². The number of ketones is 2. The van der Waals surface area contributed by atoms with Gasteiger partial charge in [0.1, 0.15) is 0 Å². The van der Waals surface area contributed by atoms with Crippen molar-refractivity contribution in [1.29, 1.82) is 0 Å². The maximum Gasteiger partial charge on any atom is 0.194 e. The third-order valence-electron chi connectivity index (χ3n) is 8.43. The molecule has 0 fully saturated rings. The van der Waals surface area contributed by atoms with Crippen LogP contribution in [-0.4, -0.2) is 11.6 Å². The normalized spacial score (nSPS) is 12.4. The van der Waals surface area contributed by atoms with E-state index in [-0.39, 0.29) is 11.6 Å². The molecule has 0 atom stereocenters. The van der Waals surface area contributed by atoms with Crippen molar-refractivity contribution >= 4 is 33.1 Å². The number of carbonyl (C=O) groups excluding carboxylic acids is 2. The minimum atomic E-state index is -0.102. The largest absolute Gasteiger partial charge is 0.289 e. The lowest BCUT2D eigenvalue weighted by molar-refractivity contribution is 0.0979. The van der Waals surface area contributed by atoms with Gasteiger partial charge in [-0.3, -0.25) is 9.59 Å². The standard InChI is InChI=1S/C40H24O2/c41-39-33-16-8-9-17-34(33)40(42)36-24-28(22-23-35(36)39)25-18-20-27(21-19-25)38-31-14-6-4-12-29(31)37(26-10-2-1-3-11-26)30-13-5-7-15-32(30)38/h1-24H. The van der Waals surface area contributed by atoms with Crippen molar-refractivity contribution in [3.8, 4) is 33.4 Å². The quantitative estimate of drug-likeness (QED) is 0.211. The van der Waals surface area contributed by atoms with Crippen LogP contribution in [0.3, 0.4) is 0 Å².